The first-order valence-electron chi connectivity index (χ1n) is 24.6. The van der Waals surface area contributed by atoms with E-state index >= 15 is 0 Å². The first kappa shape index (κ1) is 58.9. The Kier molecular flexibility index (Phi) is 44.4. The molecule has 3 atom stereocenters. The molecule has 0 amide bonds. The van der Waals surface area contributed by atoms with Crippen LogP contribution in [0, 0.1) is 0 Å². The molecule has 1 unspecified atom stereocenters. The molecule has 0 fully saturated rings. The van der Waals surface area contributed by atoms with E-state index in [4.69, 9.17) is 23.6 Å². The fourth-order valence-corrected chi connectivity index (χ4v) is 7.42. The molecule has 0 aromatic rings. The summed E-state index contributed by atoms with van der Waals surface area (Å²) in [6.07, 6.45) is 50.9. The largest absolute Gasteiger partial charge is 0.472 e. The van der Waals surface area contributed by atoms with Crippen molar-refractivity contribution in [2.75, 3.05) is 26.4 Å². The molecule has 0 rings (SSSR count). The van der Waals surface area contributed by atoms with Gasteiger partial charge in [-0.2, -0.15) is 0 Å². The maximum absolute atomic E-state index is 12.6. The third-order valence-corrected chi connectivity index (χ3v) is 11.4. The van der Waals surface area contributed by atoms with Gasteiger partial charge in [0.15, 0.2) is 6.10 Å². The smallest absolute Gasteiger partial charge is 0.462 e. The zero-order valence-corrected chi connectivity index (χ0v) is 39.8. The van der Waals surface area contributed by atoms with Gasteiger partial charge in [0.1, 0.15) is 12.7 Å². The highest BCUT2D eigenvalue weighted by atomic mass is 31.2. The van der Waals surface area contributed by atoms with Crippen molar-refractivity contribution in [3.05, 3.63) is 48.6 Å². The minimum atomic E-state index is -4.63. The van der Waals surface area contributed by atoms with E-state index in [0.29, 0.717) is 12.8 Å². The molecular weight excluding hydrogens is 792 g/mol. The Balaban J connectivity index is 4.24. The Morgan fingerprint density at radius 3 is 1.41 bits per heavy atom. The number of phosphoric acid groups is 1. The summed E-state index contributed by atoms with van der Waals surface area (Å²) in [5, 5.41) is 18.4. The predicted molar refractivity (Wildman–Crippen MR) is 251 cm³/mol. The molecule has 0 saturated heterocycles. The summed E-state index contributed by atoms with van der Waals surface area (Å²) in [5.74, 6) is -0.987. The van der Waals surface area contributed by atoms with E-state index in [1.165, 1.54) is 109 Å². The van der Waals surface area contributed by atoms with E-state index in [1.54, 1.807) is 0 Å². The van der Waals surface area contributed by atoms with E-state index in [1.807, 2.05) is 0 Å². The van der Waals surface area contributed by atoms with Crippen LogP contribution in [-0.2, 0) is 32.7 Å². The van der Waals surface area contributed by atoms with Crippen LogP contribution in [0.3, 0.4) is 0 Å². The number of rotatable bonds is 46. The minimum absolute atomic E-state index is 0.159. The second-order valence-electron chi connectivity index (χ2n) is 16.5. The van der Waals surface area contributed by atoms with Crippen molar-refractivity contribution in [2.45, 2.75) is 232 Å². The van der Waals surface area contributed by atoms with Crippen LogP contribution in [0.5, 0.6) is 0 Å². The van der Waals surface area contributed by atoms with Gasteiger partial charge in [0.05, 0.1) is 19.8 Å². The summed E-state index contributed by atoms with van der Waals surface area (Å²) in [6, 6.07) is 0. The third kappa shape index (κ3) is 45.8. The molecule has 0 radical (unpaired) electrons. The van der Waals surface area contributed by atoms with Gasteiger partial charge in [-0.15, -0.1) is 0 Å². The molecule has 0 aliphatic carbocycles. The molecule has 0 aliphatic rings. The van der Waals surface area contributed by atoms with E-state index in [0.717, 1.165) is 70.6 Å². The lowest BCUT2D eigenvalue weighted by molar-refractivity contribution is -0.161. The number of hydrogen-bond acceptors (Lipinski definition) is 9. The Morgan fingerprint density at radius 1 is 0.492 bits per heavy atom. The Labute approximate surface area is 373 Å². The lowest BCUT2D eigenvalue weighted by Gasteiger charge is -2.20. The van der Waals surface area contributed by atoms with E-state index in [9.17, 15) is 24.2 Å². The van der Waals surface area contributed by atoms with Crippen molar-refractivity contribution in [1.82, 2.24) is 0 Å². The van der Waals surface area contributed by atoms with Gasteiger partial charge in [-0.3, -0.25) is 18.6 Å². The van der Waals surface area contributed by atoms with Crippen LogP contribution in [0.2, 0.25) is 0 Å². The van der Waals surface area contributed by atoms with Gasteiger partial charge < -0.3 is 24.6 Å². The molecule has 0 bridgehead atoms. The molecule has 11 heteroatoms. The predicted octanol–water partition coefficient (Wildman–Crippen LogP) is 13.7. The van der Waals surface area contributed by atoms with Gasteiger partial charge in [-0.1, -0.05) is 178 Å². The quantitative estimate of drug-likeness (QED) is 0.0233. The number of aliphatic hydroxyl groups excluding tert-OH is 2. The van der Waals surface area contributed by atoms with Gasteiger partial charge >= 0.3 is 19.8 Å². The highest BCUT2D eigenvalue weighted by Crippen LogP contribution is 2.43. The van der Waals surface area contributed by atoms with Crippen LogP contribution in [-0.4, -0.2) is 65.7 Å². The first-order chi connectivity index (χ1) is 29.7. The van der Waals surface area contributed by atoms with Gasteiger partial charge in [0.2, 0.25) is 0 Å². The fourth-order valence-electron chi connectivity index (χ4n) is 6.63. The Morgan fingerprint density at radius 2 is 0.885 bits per heavy atom. The second kappa shape index (κ2) is 45.9. The average Bonchev–Trinajstić information content (AvgIpc) is 3.25. The number of phosphoric ester groups is 1. The molecule has 0 heterocycles. The topological polar surface area (TPSA) is 149 Å². The summed E-state index contributed by atoms with van der Waals surface area (Å²) in [7, 11) is -4.63. The molecule has 0 aliphatic heterocycles. The summed E-state index contributed by atoms with van der Waals surface area (Å²) in [5.41, 5.74) is 0. The number of carbonyl (C=O) groups excluding carboxylic acids is 2. The standard InChI is InChI=1S/C50H91O10P/c1-3-5-7-9-11-13-15-17-19-20-21-22-23-24-25-26-28-29-31-33-35-37-39-41-49(53)57-45-48(46-59-61(55,56)58-44-47(52)43-51)60-50(54)42-40-38-36-34-32-30-27-18-16-14-12-10-8-6-4-2/h12,14,18,26-28,33,35,47-48,51-52H,3-11,13,15-17,19-25,29-32,34,36-46H2,1-2H3,(H,55,56)/b14-12+,27-18+,28-26+,35-33+/t47-,48+/m1/s1. The summed E-state index contributed by atoms with van der Waals surface area (Å²) in [4.78, 5) is 35.1. The van der Waals surface area contributed by atoms with Gasteiger partial charge in [-0.25, -0.2) is 4.57 Å². The number of hydrogen-bond donors (Lipinski definition) is 3. The van der Waals surface area contributed by atoms with Crippen molar-refractivity contribution < 1.29 is 47.8 Å². The lowest BCUT2D eigenvalue weighted by Crippen LogP contribution is -2.29. The van der Waals surface area contributed by atoms with Crippen molar-refractivity contribution in [1.29, 1.82) is 0 Å². The number of unbranched alkanes of at least 4 members (excludes halogenated alkanes) is 24. The van der Waals surface area contributed by atoms with Crippen LogP contribution in [0.4, 0.5) is 0 Å². The number of carbonyl (C=O) groups is 2. The molecule has 0 saturated carbocycles. The van der Waals surface area contributed by atoms with Crippen molar-refractivity contribution >= 4 is 19.8 Å². The Hall–Kier alpha value is -2.07. The SMILES string of the molecule is CCCCC/C=C/C/C=C/CCCCCCCC(=O)O[C@@H](COC(=O)CCC/C=C/CC/C=C/CCCCCCCCCCCCCCCC)COP(=O)(O)OC[C@H](O)CO. The van der Waals surface area contributed by atoms with Crippen LogP contribution in [0.25, 0.3) is 0 Å². The van der Waals surface area contributed by atoms with Crippen LogP contribution >= 0.6 is 7.82 Å². The molecule has 356 valence electrons. The monoisotopic (exact) mass is 883 g/mol. The number of aliphatic hydroxyl groups is 2. The van der Waals surface area contributed by atoms with Gasteiger partial charge in [-0.05, 0) is 77.0 Å². The Bertz CT molecular complexity index is 1150. The van der Waals surface area contributed by atoms with Gasteiger partial charge in [0.25, 0.3) is 0 Å². The van der Waals surface area contributed by atoms with Crippen molar-refractivity contribution in [2.24, 2.45) is 0 Å². The van der Waals surface area contributed by atoms with Crippen LogP contribution in [0.15, 0.2) is 48.6 Å². The zero-order valence-electron chi connectivity index (χ0n) is 38.9. The summed E-state index contributed by atoms with van der Waals surface area (Å²) >= 11 is 0. The van der Waals surface area contributed by atoms with Gasteiger partial charge in [0, 0.05) is 12.8 Å². The number of esters is 2. The first-order valence-corrected chi connectivity index (χ1v) is 26.1. The normalized spacial score (nSPS) is 14.1. The van der Waals surface area contributed by atoms with Crippen molar-refractivity contribution in [3.63, 3.8) is 0 Å². The molecule has 61 heavy (non-hydrogen) atoms. The maximum Gasteiger partial charge on any atom is 0.472 e. The number of allylic oxidation sites excluding steroid dienone is 8. The fraction of sp³-hybridized carbons (Fsp3) is 0.800. The third-order valence-electron chi connectivity index (χ3n) is 10.4. The highest BCUT2D eigenvalue weighted by molar-refractivity contribution is 7.47. The maximum atomic E-state index is 12.6. The number of ether oxygens (including phenoxy) is 2. The summed E-state index contributed by atoms with van der Waals surface area (Å²) in [6.45, 7) is 2.32. The van der Waals surface area contributed by atoms with Crippen LogP contribution in [0.1, 0.15) is 219 Å². The van der Waals surface area contributed by atoms with Crippen molar-refractivity contribution in [3.8, 4) is 0 Å². The van der Waals surface area contributed by atoms with E-state index in [2.05, 4.69) is 62.5 Å². The molecule has 10 nitrogen and oxygen atoms in total. The average molecular weight is 883 g/mol. The van der Waals surface area contributed by atoms with E-state index < -0.39 is 51.8 Å². The minimum Gasteiger partial charge on any atom is -0.462 e. The molecule has 0 spiro atoms. The second-order valence-corrected chi connectivity index (χ2v) is 17.9. The highest BCUT2D eigenvalue weighted by Gasteiger charge is 2.27. The molecule has 0 aromatic carbocycles. The van der Waals surface area contributed by atoms with Crippen LogP contribution < -0.4 is 0 Å². The zero-order chi connectivity index (χ0) is 44.8. The molecule has 0 aromatic heterocycles. The molecule has 3 N–H and O–H groups in total. The lowest BCUT2D eigenvalue weighted by atomic mass is 10.0. The summed E-state index contributed by atoms with van der Waals surface area (Å²) < 4.78 is 32.7. The van der Waals surface area contributed by atoms with E-state index in [-0.39, 0.29) is 19.4 Å². The molecular formula is C50H91O10P.